The molecule has 0 aliphatic carbocycles. The number of carbonyl (C=O) groups excluding carboxylic acids is 5. The Labute approximate surface area is 247 Å². The van der Waals surface area contributed by atoms with Gasteiger partial charge in [0.05, 0.1) is 23.5 Å². The summed E-state index contributed by atoms with van der Waals surface area (Å²) in [5.74, 6) is -1.85. The molecule has 1 aliphatic heterocycles. The highest BCUT2D eigenvalue weighted by molar-refractivity contribution is 8.69. The number of hydrogen-bond acceptors (Lipinski definition) is 8. The molecule has 41 heavy (non-hydrogen) atoms. The van der Waals surface area contributed by atoms with Gasteiger partial charge in [0.25, 0.3) is 5.91 Å². The zero-order chi connectivity index (χ0) is 30.4. The van der Waals surface area contributed by atoms with E-state index in [0.717, 1.165) is 25.0 Å². The Hall–Kier alpha value is -2.93. The van der Waals surface area contributed by atoms with Crippen molar-refractivity contribution in [3.05, 3.63) is 29.8 Å². The normalized spacial score (nSPS) is 17.8. The molecule has 2 unspecified atom stereocenters. The molecule has 1 aromatic carbocycles. The van der Waals surface area contributed by atoms with E-state index in [4.69, 9.17) is 4.74 Å². The van der Waals surface area contributed by atoms with E-state index in [2.05, 4.69) is 21.3 Å². The van der Waals surface area contributed by atoms with Crippen molar-refractivity contribution in [2.45, 2.75) is 76.6 Å². The van der Waals surface area contributed by atoms with Crippen LogP contribution in [0.2, 0.25) is 0 Å². The molecule has 0 saturated carbocycles. The highest BCUT2D eigenvalue weighted by atomic mass is 33.1. The molecule has 2 rings (SSSR count). The van der Waals surface area contributed by atoms with Gasteiger partial charge in [-0.25, -0.2) is 4.21 Å². The lowest BCUT2D eigenvalue weighted by Crippen LogP contribution is -2.57. The number of rotatable bonds is 17. The highest BCUT2D eigenvalue weighted by Gasteiger charge is 2.31. The molecule has 4 atom stereocenters. The molecule has 1 aromatic rings. The Balaban J connectivity index is 1.91. The smallest absolute Gasteiger partial charge is 0.289 e. The molecule has 1 saturated heterocycles. The third-order valence-corrected chi connectivity index (χ3v) is 10.3. The summed E-state index contributed by atoms with van der Waals surface area (Å²) in [6.45, 7) is 5.12. The maximum atomic E-state index is 13.2. The van der Waals surface area contributed by atoms with E-state index in [-0.39, 0.29) is 43.0 Å². The number of carbonyl (C=O) groups is 5. The maximum absolute atomic E-state index is 13.2. The van der Waals surface area contributed by atoms with Crippen molar-refractivity contribution in [3.63, 3.8) is 0 Å². The number of hydrogen-bond donors (Lipinski definition) is 4. The average Bonchev–Trinajstić information content (AvgIpc) is 3.36. The number of nitrogens with one attached hydrogen (secondary N) is 4. The van der Waals surface area contributed by atoms with E-state index >= 15 is 0 Å². The minimum absolute atomic E-state index is 0.0655. The molecule has 1 aliphatic rings. The molecule has 0 aromatic heterocycles. The molecule has 0 radical (unpaired) electrons. The summed E-state index contributed by atoms with van der Waals surface area (Å²) in [5, 5.41) is 10.5. The summed E-state index contributed by atoms with van der Waals surface area (Å²) in [6, 6.07) is 4.76. The number of benzene rings is 1. The van der Waals surface area contributed by atoms with Crippen LogP contribution >= 0.6 is 10.8 Å². The van der Waals surface area contributed by atoms with Gasteiger partial charge in [-0.2, -0.15) is 0 Å². The van der Waals surface area contributed by atoms with Crippen LogP contribution in [-0.2, 0) is 40.2 Å². The maximum Gasteiger partial charge on any atom is 0.289 e. The quantitative estimate of drug-likeness (QED) is 0.117. The lowest BCUT2D eigenvalue weighted by atomic mass is 9.99. The van der Waals surface area contributed by atoms with Crippen LogP contribution in [0.3, 0.4) is 0 Å². The molecule has 13 heteroatoms. The van der Waals surface area contributed by atoms with Crippen molar-refractivity contribution >= 4 is 50.0 Å². The number of unbranched alkanes of at least 4 members (excludes halogenated alkanes) is 1. The van der Waals surface area contributed by atoms with E-state index in [1.165, 1.54) is 17.9 Å². The van der Waals surface area contributed by atoms with Gasteiger partial charge in [0.15, 0.2) is 0 Å². The van der Waals surface area contributed by atoms with Crippen LogP contribution in [0.25, 0.3) is 0 Å². The minimum atomic E-state index is -1.15. The third-order valence-electron chi connectivity index (χ3n) is 6.60. The first kappa shape index (κ1) is 34.3. The Bertz CT molecular complexity index is 1080. The van der Waals surface area contributed by atoms with Crippen molar-refractivity contribution in [3.8, 4) is 5.75 Å². The number of methoxy groups -OCH3 is 1. The second-order valence-electron chi connectivity index (χ2n) is 10.1. The standard InChI is InChI=1S/C28H42N4O7S2/c1-5-29-28(37)26(35)22(16-19-10-12-20(39-4)13-11-19)31-27(36)25(18(2)3)32-24(34)17-30-23(33)9-7-6-8-21-14-15-40-41(21)38/h10-13,18,21-22,25H,5-9,14-17H2,1-4H3,(H,29,37)(H,30,33)(H,31,36)(H,32,34)/t21?,22-,25-,41?/m0/s1. The van der Waals surface area contributed by atoms with Gasteiger partial charge in [-0.3, -0.25) is 24.0 Å². The first-order valence-electron chi connectivity index (χ1n) is 13.9. The van der Waals surface area contributed by atoms with Gasteiger partial charge in [0, 0.05) is 30.4 Å². The van der Waals surface area contributed by atoms with Crippen LogP contribution in [-0.4, -0.2) is 76.9 Å². The highest BCUT2D eigenvalue weighted by Crippen LogP contribution is 2.29. The van der Waals surface area contributed by atoms with Crippen LogP contribution in [0.4, 0.5) is 0 Å². The summed E-state index contributed by atoms with van der Waals surface area (Å²) in [5.41, 5.74) is 0.706. The van der Waals surface area contributed by atoms with Gasteiger partial charge in [-0.1, -0.05) is 43.2 Å². The summed E-state index contributed by atoms with van der Waals surface area (Å²) in [6.07, 6.45) is 3.51. The van der Waals surface area contributed by atoms with Crippen LogP contribution in [0.15, 0.2) is 24.3 Å². The molecule has 0 bridgehead atoms. The van der Waals surface area contributed by atoms with E-state index in [1.54, 1.807) is 45.0 Å². The molecular weight excluding hydrogens is 568 g/mol. The van der Waals surface area contributed by atoms with E-state index in [0.29, 0.717) is 17.7 Å². The zero-order valence-corrected chi connectivity index (χ0v) is 25.8. The van der Waals surface area contributed by atoms with Crippen molar-refractivity contribution in [1.29, 1.82) is 0 Å². The first-order valence-corrected chi connectivity index (χ1v) is 16.6. The van der Waals surface area contributed by atoms with Crippen molar-refractivity contribution in [2.75, 3.05) is 26.0 Å². The van der Waals surface area contributed by atoms with Crippen molar-refractivity contribution in [2.24, 2.45) is 5.92 Å². The van der Waals surface area contributed by atoms with Gasteiger partial charge in [-0.15, -0.1) is 0 Å². The monoisotopic (exact) mass is 610 g/mol. The van der Waals surface area contributed by atoms with E-state index < -0.39 is 45.4 Å². The molecule has 11 nitrogen and oxygen atoms in total. The minimum Gasteiger partial charge on any atom is -0.497 e. The fraction of sp³-hybridized carbons (Fsp3) is 0.607. The van der Waals surface area contributed by atoms with Gasteiger partial charge < -0.3 is 26.0 Å². The molecule has 4 N–H and O–H groups in total. The van der Waals surface area contributed by atoms with Crippen LogP contribution in [0.5, 0.6) is 5.75 Å². The number of ketones is 1. The fourth-order valence-electron chi connectivity index (χ4n) is 4.25. The average molecular weight is 611 g/mol. The number of ether oxygens (including phenoxy) is 1. The lowest BCUT2D eigenvalue weighted by Gasteiger charge is -2.25. The Morgan fingerprint density at radius 2 is 1.73 bits per heavy atom. The van der Waals surface area contributed by atoms with Crippen LogP contribution in [0.1, 0.15) is 58.4 Å². The Kier molecular flexibility index (Phi) is 14.9. The predicted molar refractivity (Wildman–Crippen MR) is 160 cm³/mol. The SMILES string of the molecule is CCNC(=O)C(=O)[C@H](Cc1ccc(OC)cc1)NC(=O)[C@@H](NC(=O)CNC(=O)CCCCC1CCSS1=O)C(C)C. The number of amides is 4. The van der Waals surface area contributed by atoms with Crippen LogP contribution in [0, 0.1) is 5.92 Å². The lowest BCUT2D eigenvalue weighted by molar-refractivity contribution is -0.140. The molecular formula is C28H42N4O7S2. The molecule has 228 valence electrons. The molecule has 1 heterocycles. The van der Waals surface area contributed by atoms with E-state index in [1.807, 2.05) is 0 Å². The second kappa shape index (κ2) is 17.8. The summed E-state index contributed by atoms with van der Waals surface area (Å²) in [7, 11) is 2.18. The van der Waals surface area contributed by atoms with Crippen molar-refractivity contribution in [1.82, 2.24) is 21.3 Å². The number of Topliss-reactive ketones (excluding diaryl/α,β-unsaturated/α-hetero) is 1. The fourth-order valence-corrected chi connectivity index (χ4v) is 7.75. The number of likely N-dealkylation sites (N-methyl/N-ethyl adjacent to an activating group) is 1. The van der Waals surface area contributed by atoms with Gasteiger partial charge in [-0.05, 0) is 49.8 Å². The van der Waals surface area contributed by atoms with Crippen molar-refractivity contribution < 1.29 is 32.9 Å². The Morgan fingerprint density at radius 3 is 2.32 bits per heavy atom. The third kappa shape index (κ3) is 11.8. The Morgan fingerprint density at radius 1 is 1.02 bits per heavy atom. The summed E-state index contributed by atoms with van der Waals surface area (Å²) < 4.78 is 17.0. The molecule has 1 fully saturated rings. The molecule has 0 spiro atoms. The zero-order valence-electron chi connectivity index (χ0n) is 24.2. The first-order chi connectivity index (χ1) is 19.5. The predicted octanol–water partition coefficient (Wildman–Crippen LogP) is 1.41. The largest absolute Gasteiger partial charge is 0.497 e. The summed E-state index contributed by atoms with van der Waals surface area (Å²) in [4.78, 5) is 63.2. The van der Waals surface area contributed by atoms with Gasteiger partial charge in [0.1, 0.15) is 17.8 Å². The molecule has 4 amide bonds. The van der Waals surface area contributed by atoms with Crippen LogP contribution < -0.4 is 26.0 Å². The topological polar surface area (TPSA) is 160 Å². The second-order valence-corrected chi connectivity index (χ2v) is 13.7. The van der Waals surface area contributed by atoms with Gasteiger partial charge in [0.2, 0.25) is 23.5 Å². The summed E-state index contributed by atoms with van der Waals surface area (Å²) >= 11 is 0. The van der Waals surface area contributed by atoms with Gasteiger partial charge >= 0.3 is 0 Å². The van der Waals surface area contributed by atoms with E-state index in [9.17, 15) is 28.2 Å².